The van der Waals surface area contributed by atoms with Gasteiger partial charge in [0.1, 0.15) is 5.75 Å². The molecule has 2 rings (SSSR count). The number of anilines is 2. The highest BCUT2D eigenvalue weighted by Crippen LogP contribution is 2.25. The van der Waals surface area contributed by atoms with E-state index in [9.17, 15) is 4.79 Å². The fraction of sp³-hybridized carbons (Fsp3) is 0.176. The second kappa shape index (κ2) is 7.52. The van der Waals surface area contributed by atoms with Gasteiger partial charge in [-0.05, 0) is 42.5 Å². The number of carbonyl (C=O) groups excluding carboxylic acids is 1. The summed E-state index contributed by atoms with van der Waals surface area (Å²) < 4.78 is 5.37. The molecule has 0 bridgehead atoms. The van der Waals surface area contributed by atoms with Crippen molar-refractivity contribution in [2.45, 2.75) is 0 Å². The van der Waals surface area contributed by atoms with E-state index in [1.807, 2.05) is 49.3 Å². The predicted molar refractivity (Wildman–Crippen MR) is 91.1 cm³/mol. The number of amides is 1. The first-order valence-corrected chi connectivity index (χ1v) is 7.27. The summed E-state index contributed by atoms with van der Waals surface area (Å²) in [6, 6.07) is 14.1. The molecule has 0 aromatic heterocycles. The normalized spacial score (nSPS) is 9.83. The summed E-state index contributed by atoms with van der Waals surface area (Å²) in [5, 5.41) is 11.8. The second-order valence-corrected chi connectivity index (χ2v) is 5.44. The molecule has 2 aromatic carbocycles. The van der Waals surface area contributed by atoms with Crippen LogP contribution >= 0.6 is 11.6 Å². The Hall–Kier alpha value is -2.71. The van der Waals surface area contributed by atoms with E-state index in [2.05, 4.69) is 5.32 Å². The standard InChI is InChI=1S/C17H16ClN3O2/c1-21(2)14-6-4-13(5-7-14)20-17(22)11-23-16-8-3-12(10-19)9-15(16)18/h3-9H,11H2,1-2H3,(H,20,22). The molecule has 0 saturated carbocycles. The molecule has 118 valence electrons. The van der Waals surface area contributed by atoms with Crippen LogP contribution in [0.4, 0.5) is 11.4 Å². The highest BCUT2D eigenvalue weighted by Gasteiger charge is 2.07. The molecule has 0 aliphatic carbocycles. The van der Waals surface area contributed by atoms with Crippen molar-refractivity contribution in [2.24, 2.45) is 0 Å². The maximum absolute atomic E-state index is 11.9. The summed E-state index contributed by atoms with van der Waals surface area (Å²) in [5.74, 6) is 0.0757. The molecule has 23 heavy (non-hydrogen) atoms. The van der Waals surface area contributed by atoms with Gasteiger partial charge in [0.15, 0.2) is 6.61 Å². The first-order valence-electron chi connectivity index (χ1n) is 6.89. The molecule has 0 aliphatic heterocycles. The zero-order valence-corrected chi connectivity index (χ0v) is 13.6. The van der Waals surface area contributed by atoms with Crippen molar-refractivity contribution in [3.05, 3.63) is 53.1 Å². The first kappa shape index (κ1) is 16.7. The van der Waals surface area contributed by atoms with E-state index in [4.69, 9.17) is 21.6 Å². The van der Waals surface area contributed by atoms with E-state index < -0.39 is 0 Å². The monoisotopic (exact) mass is 329 g/mol. The molecule has 2 aromatic rings. The summed E-state index contributed by atoms with van der Waals surface area (Å²) in [6.07, 6.45) is 0. The van der Waals surface area contributed by atoms with Gasteiger partial charge in [0.05, 0.1) is 16.7 Å². The molecule has 0 heterocycles. The first-order chi connectivity index (χ1) is 11.0. The quantitative estimate of drug-likeness (QED) is 0.914. The molecule has 0 saturated heterocycles. The maximum Gasteiger partial charge on any atom is 0.262 e. The van der Waals surface area contributed by atoms with E-state index >= 15 is 0 Å². The van der Waals surface area contributed by atoms with Gasteiger partial charge in [-0.3, -0.25) is 4.79 Å². The molecule has 5 nitrogen and oxygen atoms in total. The minimum Gasteiger partial charge on any atom is -0.482 e. The Bertz CT molecular complexity index is 736. The third kappa shape index (κ3) is 4.63. The molecule has 0 radical (unpaired) electrons. The molecule has 0 atom stereocenters. The van der Waals surface area contributed by atoms with Crippen LogP contribution < -0.4 is 15.0 Å². The Morgan fingerprint density at radius 1 is 1.26 bits per heavy atom. The summed E-state index contributed by atoms with van der Waals surface area (Å²) in [7, 11) is 3.89. The lowest BCUT2D eigenvalue weighted by molar-refractivity contribution is -0.118. The highest BCUT2D eigenvalue weighted by atomic mass is 35.5. The Labute approximate surface area is 140 Å². The zero-order chi connectivity index (χ0) is 16.8. The van der Waals surface area contributed by atoms with Gasteiger partial charge in [0.2, 0.25) is 0 Å². The van der Waals surface area contributed by atoms with Crippen molar-refractivity contribution < 1.29 is 9.53 Å². The molecule has 0 spiro atoms. The van der Waals surface area contributed by atoms with Crippen LogP contribution in [-0.2, 0) is 4.79 Å². The van der Waals surface area contributed by atoms with Crippen LogP contribution in [0.25, 0.3) is 0 Å². The molecule has 0 fully saturated rings. The fourth-order valence-corrected chi connectivity index (χ4v) is 2.11. The average molecular weight is 330 g/mol. The number of nitriles is 1. The number of nitrogens with zero attached hydrogens (tertiary/aromatic N) is 2. The molecule has 0 aliphatic rings. The van der Waals surface area contributed by atoms with Crippen LogP contribution in [0, 0.1) is 11.3 Å². The molecule has 1 amide bonds. The molecular weight excluding hydrogens is 314 g/mol. The largest absolute Gasteiger partial charge is 0.482 e. The zero-order valence-electron chi connectivity index (χ0n) is 12.8. The number of benzene rings is 2. The Morgan fingerprint density at radius 3 is 2.52 bits per heavy atom. The van der Waals surface area contributed by atoms with Gasteiger partial charge < -0.3 is 15.0 Å². The Kier molecular flexibility index (Phi) is 5.45. The maximum atomic E-state index is 11.9. The van der Waals surface area contributed by atoms with Crippen molar-refractivity contribution in [1.82, 2.24) is 0 Å². The van der Waals surface area contributed by atoms with Crippen molar-refractivity contribution >= 4 is 28.9 Å². The number of hydrogen-bond donors (Lipinski definition) is 1. The SMILES string of the molecule is CN(C)c1ccc(NC(=O)COc2ccc(C#N)cc2Cl)cc1. The molecule has 0 unspecified atom stereocenters. The summed E-state index contributed by atoms with van der Waals surface area (Å²) >= 11 is 5.99. The van der Waals surface area contributed by atoms with Gasteiger partial charge in [-0.1, -0.05) is 11.6 Å². The van der Waals surface area contributed by atoms with E-state index in [0.717, 1.165) is 5.69 Å². The van der Waals surface area contributed by atoms with Gasteiger partial charge in [0, 0.05) is 25.5 Å². The van der Waals surface area contributed by atoms with E-state index in [1.54, 1.807) is 12.1 Å². The van der Waals surface area contributed by atoms with Gasteiger partial charge in [-0.25, -0.2) is 0 Å². The minimum absolute atomic E-state index is 0.166. The minimum atomic E-state index is -0.289. The van der Waals surface area contributed by atoms with Gasteiger partial charge >= 0.3 is 0 Å². The van der Waals surface area contributed by atoms with Crippen LogP contribution in [0.3, 0.4) is 0 Å². The highest BCUT2D eigenvalue weighted by molar-refractivity contribution is 6.32. The smallest absolute Gasteiger partial charge is 0.262 e. The number of carbonyl (C=O) groups is 1. The van der Waals surface area contributed by atoms with Crippen LogP contribution in [-0.4, -0.2) is 26.6 Å². The number of nitrogens with one attached hydrogen (secondary N) is 1. The second-order valence-electron chi connectivity index (χ2n) is 5.04. The van der Waals surface area contributed by atoms with Crippen LogP contribution in [0.15, 0.2) is 42.5 Å². The summed E-state index contributed by atoms with van der Waals surface area (Å²) in [5.41, 5.74) is 2.17. The molecule has 6 heteroatoms. The number of rotatable bonds is 5. The third-order valence-corrected chi connectivity index (χ3v) is 3.38. The summed E-state index contributed by atoms with van der Waals surface area (Å²) in [6.45, 7) is -0.166. The van der Waals surface area contributed by atoms with E-state index in [1.165, 1.54) is 6.07 Å². The lowest BCUT2D eigenvalue weighted by Crippen LogP contribution is -2.20. The fourth-order valence-electron chi connectivity index (χ4n) is 1.87. The Balaban J connectivity index is 1.91. The van der Waals surface area contributed by atoms with Gasteiger partial charge in [-0.15, -0.1) is 0 Å². The van der Waals surface area contributed by atoms with Crippen LogP contribution in [0.2, 0.25) is 5.02 Å². The van der Waals surface area contributed by atoms with Crippen molar-refractivity contribution in [2.75, 3.05) is 30.9 Å². The number of hydrogen-bond acceptors (Lipinski definition) is 4. The summed E-state index contributed by atoms with van der Waals surface area (Å²) in [4.78, 5) is 13.9. The van der Waals surface area contributed by atoms with Gasteiger partial charge in [0.25, 0.3) is 5.91 Å². The molecular formula is C17H16ClN3O2. The van der Waals surface area contributed by atoms with Crippen molar-refractivity contribution in [1.29, 1.82) is 5.26 Å². The Morgan fingerprint density at radius 2 is 1.96 bits per heavy atom. The van der Waals surface area contributed by atoms with E-state index in [-0.39, 0.29) is 12.5 Å². The van der Waals surface area contributed by atoms with Crippen LogP contribution in [0.5, 0.6) is 5.75 Å². The van der Waals surface area contributed by atoms with Crippen molar-refractivity contribution in [3.8, 4) is 11.8 Å². The topological polar surface area (TPSA) is 65.4 Å². The number of ether oxygens (including phenoxy) is 1. The van der Waals surface area contributed by atoms with Crippen LogP contribution in [0.1, 0.15) is 5.56 Å². The average Bonchev–Trinajstić information content (AvgIpc) is 2.54. The predicted octanol–water partition coefficient (Wildman–Crippen LogP) is 3.30. The van der Waals surface area contributed by atoms with Crippen molar-refractivity contribution in [3.63, 3.8) is 0 Å². The number of halogens is 1. The molecule has 1 N–H and O–H groups in total. The lowest BCUT2D eigenvalue weighted by atomic mass is 10.2. The lowest BCUT2D eigenvalue weighted by Gasteiger charge is -2.13. The van der Waals surface area contributed by atoms with Gasteiger partial charge in [-0.2, -0.15) is 5.26 Å². The van der Waals surface area contributed by atoms with E-state index in [0.29, 0.717) is 22.0 Å². The third-order valence-electron chi connectivity index (χ3n) is 3.09.